The van der Waals surface area contributed by atoms with Gasteiger partial charge >= 0.3 is 0 Å². The molecule has 0 spiro atoms. The molecule has 0 aliphatic rings. The minimum atomic E-state index is -0.0842. The normalized spacial score (nSPS) is 13.1. The second kappa shape index (κ2) is 7.91. The molecule has 0 aliphatic heterocycles. The lowest BCUT2D eigenvalue weighted by Crippen LogP contribution is -2.25. The van der Waals surface area contributed by atoms with Gasteiger partial charge in [0.05, 0.1) is 0 Å². The van der Waals surface area contributed by atoms with E-state index in [1.165, 1.54) is 43.8 Å². The van der Waals surface area contributed by atoms with Crippen LogP contribution in [0.15, 0.2) is 66.7 Å². The van der Waals surface area contributed by atoms with Crippen LogP contribution in [0.2, 0.25) is 0 Å². The molecule has 4 aromatic rings. The first-order chi connectivity index (χ1) is 14.4. The Bertz CT molecular complexity index is 1210. The fourth-order valence-electron chi connectivity index (χ4n) is 5.50. The van der Waals surface area contributed by atoms with Gasteiger partial charge < -0.3 is 0 Å². The van der Waals surface area contributed by atoms with Crippen LogP contribution in [0, 0.1) is 6.92 Å². The van der Waals surface area contributed by atoms with Crippen molar-refractivity contribution in [1.82, 2.24) is 0 Å². The summed E-state index contributed by atoms with van der Waals surface area (Å²) in [5.74, 6) is 0.519. The van der Waals surface area contributed by atoms with Crippen LogP contribution in [0.5, 0.6) is 0 Å². The highest BCUT2D eigenvalue weighted by Gasteiger charge is 2.33. The summed E-state index contributed by atoms with van der Waals surface area (Å²) in [5.41, 5.74) is 7.33. The summed E-state index contributed by atoms with van der Waals surface area (Å²) < 4.78 is 0. The van der Waals surface area contributed by atoms with Gasteiger partial charge in [-0.2, -0.15) is 0 Å². The second-order valence-electron chi connectivity index (χ2n) is 9.31. The topological polar surface area (TPSA) is 0 Å². The number of hydrogen-bond donors (Lipinski definition) is 0. The van der Waals surface area contributed by atoms with Crippen molar-refractivity contribution in [3.63, 3.8) is 0 Å². The average Bonchev–Trinajstić information content (AvgIpc) is 2.76. The Hall–Kier alpha value is -2.60. The summed E-state index contributed by atoms with van der Waals surface area (Å²) in [5, 5.41) is 5.51. The van der Waals surface area contributed by atoms with E-state index < -0.39 is 0 Å². The van der Waals surface area contributed by atoms with Gasteiger partial charge in [0.25, 0.3) is 0 Å². The van der Waals surface area contributed by atoms with Gasteiger partial charge in [-0.15, -0.1) is 0 Å². The minimum Gasteiger partial charge on any atom is -0.0648 e. The van der Waals surface area contributed by atoms with Crippen LogP contribution >= 0.6 is 0 Å². The van der Waals surface area contributed by atoms with Gasteiger partial charge in [-0.1, -0.05) is 101 Å². The summed E-state index contributed by atoms with van der Waals surface area (Å²) in [4.78, 5) is 0. The summed E-state index contributed by atoms with van der Waals surface area (Å²) >= 11 is 0. The minimum absolute atomic E-state index is 0.0842. The molecule has 0 heterocycles. The van der Waals surface area contributed by atoms with Crippen molar-refractivity contribution in [2.75, 3.05) is 0 Å². The van der Waals surface area contributed by atoms with Crippen LogP contribution < -0.4 is 0 Å². The number of rotatable bonds is 5. The van der Waals surface area contributed by atoms with Crippen molar-refractivity contribution in [3.05, 3.63) is 94.5 Å². The van der Waals surface area contributed by atoms with E-state index in [1.54, 1.807) is 5.56 Å². The first-order valence-electron chi connectivity index (χ1n) is 11.4. The van der Waals surface area contributed by atoms with Gasteiger partial charge in [0.1, 0.15) is 0 Å². The highest BCUT2D eigenvalue weighted by molar-refractivity contribution is 5.91. The first-order valence-corrected chi connectivity index (χ1v) is 11.4. The number of fused-ring (bicyclic) bond motifs is 2. The summed E-state index contributed by atoms with van der Waals surface area (Å²) in [6, 6.07) is 24.8. The smallest absolute Gasteiger partial charge is 0.0161 e. The Morgan fingerprint density at radius 2 is 1.40 bits per heavy atom. The third-order valence-corrected chi connectivity index (χ3v) is 7.04. The molecule has 0 fully saturated rings. The van der Waals surface area contributed by atoms with Crippen LogP contribution in [-0.2, 0) is 11.8 Å². The van der Waals surface area contributed by atoms with Gasteiger partial charge in [0, 0.05) is 5.41 Å². The molecule has 30 heavy (non-hydrogen) atoms. The van der Waals surface area contributed by atoms with Crippen LogP contribution in [0.1, 0.15) is 74.8 Å². The largest absolute Gasteiger partial charge is 0.0648 e. The fraction of sp³-hybridized carbons (Fsp3) is 0.333. The highest BCUT2D eigenvalue weighted by Crippen LogP contribution is 2.45. The van der Waals surface area contributed by atoms with Crippen molar-refractivity contribution < 1.29 is 0 Å². The zero-order valence-corrected chi connectivity index (χ0v) is 19.3. The summed E-state index contributed by atoms with van der Waals surface area (Å²) in [7, 11) is 0. The molecule has 0 heteroatoms. The Labute approximate surface area is 182 Å². The van der Waals surface area contributed by atoms with Crippen LogP contribution in [0.25, 0.3) is 21.5 Å². The molecule has 0 aromatic heterocycles. The second-order valence-corrected chi connectivity index (χ2v) is 9.31. The highest BCUT2D eigenvalue weighted by atomic mass is 14.4. The molecule has 0 amide bonds. The third-order valence-electron chi connectivity index (χ3n) is 7.04. The van der Waals surface area contributed by atoms with E-state index >= 15 is 0 Å². The monoisotopic (exact) mass is 394 g/mol. The van der Waals surface area contributed by atoms with Crippen molar-refractivity contribution in [2.24, 2.45) is 0 Å². The van der Waals surface area contributed by atoms with Gasteiger partial charge in [-0.05, 0) is 75.0 Å². The molecule has 0 N–H and O–H groups in total. The van der Waals surface area contributed by atoms with E-state index in [0.717, 1.165) is 12.8 Å². The Morgan fingerprint density at radius 3 is 2.07 bits per heavy atom. The Balaban J connectivity index is 2.14. The molecular weight excluding hydrogens is 360 g/mol. The SMILES string of the molecule is CCc1cc2ccccc2c(C(C)CC)c1C(C)(C)c1c(C)ccc2ccccc12. The van der Waals surface area contributed by atoms with E-state index in [-0.39, 0.29) is 5.41 Å². The lowest BCUT2D eigenvalue weighted by Gasteiger charge is -2.36. The maximum absolute atomic E-state index is 2.44. The summed E-state index contributed by atoms with van der Waals surface area (Å²) in [6.45, 7) is 14.2. The molecule has 0 radical (unpaired) electrons. The number of benzene rings is 4. The van der Waals surface area contributed by atoms with E-state index in [9.17, 15) is 0 Å². The van der Waals surface area contributed by atoms with Crippen molar-refractivity contribution >= 4 is 21.5 Å². The summed E-state index contributed by atoms with van der Waals surface area (Å²) in [6.07, 6.45) is 2.20. The van der Waals surface area contributed by atoms with Crippen LogP contribution in [0.4, 0.5) is 0 Å². The van der Waals surface area contributed by atoms with Crippen molar-refractivity contribution in [1.29, 1.82) is 0 Å². The van der Waals surface area contributed by atoms with Gasteiger partial charge in [0.2, 0.25) is 0 Å². The van der Waals surface area contributed by atoms with E-state index in [0.29, 0.717) is 5.92 Å². The predicted molar refractivity (Wildman–Crippen MR) is 133 cm³/mol. The van der Waals surface area contributed by atoms with Gasteiger partial charge in [-0.3, -0.25) is 0 Å². The molecule has 1 unspecified atom stereocenters. The Kier molecular flexibility index (Phi) is 5.45. The first kappa shape index (κ1) is 20.7. The Morgan fingerprint density at radius 1 is 0.767 bits per heavy atom. The van der Waals surface area contributed by atoms with Gasteiger partial charge in [-0.25, -0.2) is 0 Å². The molecule has 4 rings (SSSR count). The molecule has 0 nitrogen and oxygen atoms in total. The molecule has 0 aliphatic carbocycles. The lowest BCUT2D eigenvalue weighted by molar-refractivity contribution is 0.609. The molecule has 0 saturated carbocycles. The molecule has 154 valence electrons. The van der Waals surface area contributed by atoms with Crippen molar-refractivity contribution in [2.45, 2.75) is 65.7 Å². The van der Waals surface area contributed by atoms with E-state index in [2.05, 4.69) is 108 Å². The molecule has 4 aromatic carbocycles. The average molecular weight is 395 g/mol. The van der Waals surface area contributed by atoms with Crippen LogP contribution in [-0.4, -0.2) is 0 Å². The molecule has 0 saturated heterocycles. The lowest BCUT2D eigenvalue weighted by atomic mass is 9.68. The molecular formula is C30H34. The molecule has 1 atom stereocenters. The maximum Gasteiger partial charge on any atom is 0.0161 e. The van der Waals surface area contributed by atoms with E-state index in [4.69, 9.17) is 0 Å². The van der Waals surface area contributed by atoms with Crippen molar-refractivity contribution in [3.8, 4) is 0 Å². The van der Waals surface area contributed by atoms with Crippen LogP contribution in [0.3, 0.4) is 0 Å². The zero-order chi connectivity index (χ0) is 21.5. The molecule has 0 bridgehead atoms. The third kappa shape index (κ3) is 3.23. The van der Waals surface area contributed by atoms with Gasteiger partial charge in [0.15, 0.2) is 0 Å². The zero-order valence-electron chi connectivity index (χ0n) is 19.3. The van der Waals surface area contributed by atoms with E-state index in [1.807, 2.05) is 0 Å². The quantitative estimate of drug-likeness (QED) is 0.317. The maximum atomic E-state index is 2.44. The standard InChI is InChI=1S/C30H34/c1-7-20(3)27-25-15-11-10-14-24(25)19-22(8-2)29(27)30(5,6)28-21(4)17-18-23-13-9-12-16-26(23)28/h9-20H,7-8H2,1-6H3. The predicted octanol–water partition coefficient (Wildman–Crippen LogP) is 8.70. The fourth-order valence-corrected chi connectivity index (χ4v) is 5.50. The number of aryl methyl sites for hydroxylation is 2. The number of hydrogen-bond acceptors (Lipinski definition) is 0.